The fourth-order valence-electron chi connectivity index (χ4n) is 3.60. The molecule has 3 aromatic rings. The lowest BCUT2D eigenvalue weighted by Crippen LogP contribution is -2.54. The van der Waals surface area contributed by atoms with Gasteiger partial charge in [0.2, 0.25) is 0 Å². The van der Waals surface area contributed by atoms with Crippen LogP contribution in [-0.2, 0) is 14.4 Å². The number of carbonyl (C=O) groups is 4. The lowest BCUT2D eigenvalue weighted by molar-refractivity contribution is -0.384. The number of hydrogen-bond acceptors (Lipinski definition) is 7. The Hall–Kier alpha value is -4.36. The second kappa shape index (κ2) is 11.6. The van der Waals surface area contributed by atoms with Gasteiger partial charge in [0, 0.05) is 27.9 Å². The molecule has 5 amide bonds. The maximum Gasteiger partial charge on any atom is 0.335 e. The van der Waals surface area contributed by atoms with Gasteiger partial charge in [-0.25, -0.2) is 9.69 Å². The number of imide groups is 2. The number of barbiturate groups is 1. The summed E-state index contributed by atoms with van der Waals surface area (Å²) in [7, 11) is 0. The first kappa shape index (κ1) is 27.7. The van der Waals surface area contributed by atoms with Crippen LogP contribution in [0, 0.1) is 17.0 Å². The first-order valence-electron chi connectivity index (χ1n) is 11.2. The summed E-state index contributed by atoms with van der Waals surface area (Å²) in [5, 5.41) is 15.9. The normalized spacial score (nSPS) is 14.3. The molecule has 0 saturated carbocycles. The standard InChI is InChI=1S/C26H18Br2N4O7/c1-14-5-7-17(8-6-14)29-22(33)13-39-23-15(9-16(27)11-21(23)28)10-20-24(34)30-26(36)31(25(20)35)18-3-2-4-19(12-18)32(37)38/h2-12H,13H2,1H3,(H,29,33)(H,30,34,36)/b20-10-. The van der Waals surface area contributed by atoms with Gasteiger partial charge >= 0.3 is 6.03 Å². The first-order chi connectivity index (χ1) is 18.5. The number of non-ortho nitro benzene ring substituents is 1. The van der Waals surface area contributed by atoms with Crippen molar-refractivity contribution < 1.29 is 28.8 Å². The lowest BCUT2D eigenvalue weighted by atomic mass is 10.1. The number of urea groups is 1. The molecule has 1 saturated heterocycles. The van der Waals surface area contributed by atoms with Gasteiger partial charge in [0.25, 0.3) is 23.4 Å². The zero-order valence-corrected chi connectivity index (χ0v) is 23.2. The molecule has 4 rings (SSSR count). The van der Waals surface area contributed by atoms with Crippen molar-refractivity contribution in [2.75, 3.05) is 16.8 Å². The molecule has 39 heavy (non-hydrogen) atoms. The molecule has 0 atom stereocenters. The Morgan fingerprint density at radius 2 is 1.82 bits per heavy atom. The smallest absolute Gasteiger partial charge is 0.335 e. The van der Waals surface area contributed by atoms with Gasteiger partial charge in [0.15, 0.2) is 6.61 Å². The highest BCUT2D eigenvalue weighted by molar-refractivity contribution is 9.11. The summed E-state index contributed by atoms with van der Waals surface area (Å²) in [5.41, 5.74) is 0.997. The molecule has 0 aromatic heterocycles. The molecule has 1 heterocycles. The van der Waals surface area contributed by atoms with Crippen molar-refractivity contribution in [1.82, 2.24) is 5.32 Å². The van der Waals surface area contributed by atoms with Crippen molar-refractivity contribution in [3.05, 3.63) is 96.4 Å². The number of nitro benzene ring substituents is 1. The quantitative estimate of drug-likeness (QED) is 0.155. The molecule has 1 fully saturated rings. The molecule has 198 valence electrons. The molecule has 2 N–H and O–H groups in total. The Bertz CT molecular complexity index is 1550. The number of nitrogens with zero attached hydrogens (tertiary/aromatic N) is 2. The third kappa shape index (κ3) is 6.38. The van der Waals surface area contributed by atoms with Crippen LogP contribution in [0.15, 0.2) is 75.2 Å². The molecule has 0 unspecified atom stereocenters. The van der Waals surface area contributed by atoms with Gasteiger partial charge in [-0.15, -0.1) is 0 Å². The van der Waals surface area contributed by atoms with Crippen LogP contribution in [0.25, 0.3) is 6.08 Å². The van der Waals surface area contributed by atoms with E-state index in [-0.39, 0.29) is 29.3 Å². The number of benzene rings is 3. The van der Waals surface area contributed by atoms with E-state index >= 15 is 0 Å². The van der Waals surface area contributed by atoms with E-state index in [0.717, 1.165) is 11.6 Å². The van der Waals surface area contributed by atoms with Crippen LogP contribution < -0.4 is 20.3 Å². The summed E-state index contributed by atoms with van der Waals surface area (Å²) < 4.78 is 6.73. The Morgan fingerprint density at radius 3 is 2.51 bits per heavy atom. The van der Waals surface area contributed by atoms with Gasteiger partial charge in [0.1, 0.15) is 11.3 Å². The van der Waals surface area contributed by atoms with E-state index in [1.165, 1.54) is 24.3 Å². The van der Waals surface area contributed by atoms with E-state index in [9.17, 15) is 29.3 Å². The maximum absolute atomic E-state index is 13.3. The van der Waals surface area contributed by atoms with Gasteiger partial charge < -0.3 is 10.1 Å². The number of ether oxygens (including phenoxy) is 1. The lowest BCUT2D eigenvalue weighted by Gasteiger charge is -2.26. The van der Waals surface area contributed by atoms with Crippen LogP contribution in [-0.4, -0.2) is 35.3 Å². The second-order valence-electron chi connectivity index (χ2n) is 8.24. The molecular weight excluding hydrogens is 640 g/mol. The summed E-state index contributed by atoms with van der Waals surface area (Å²) in [4.78, 5) is 62.1. The molecule has 0 bridgehead atoms. The van der Waals surface area contributed by atoms with Gasteiger partial charge in [-0.2, -0.15) is 0 Å². The topological polar surface area (TPSA) is 148 Å². The van der Waals surface area contributed by atoms with Crippen LogP contribution in [0.2, 0.25) is 0 Å². The van der Waals surface area contributed by atoms with E-state index in [2.05, 4.69) is 42.5 Å². The van der Waals surface area contributed by atoms with E-state index in [1.54, 1.807) is 24.3 Å². The second-order valence-corrected chi connectivity index (χ2v) is 10.0. The molecule has 0 radical (unpaired) electrons. The molecule has 3 aromatic carbocycles. The average molecular weight is 658 g/mol. The van der Waals surface area contributed by atoms with Crippen molar-refractivity contribution in [2.24, 2.45) is 0 Å². The molecular formula is C26H18Br2N4O7. The van der Waals surface area contributed by atoms with Gasteiger partial charge in [-0.1, -0.05) is 39.7 Å². The Morgan fingerprint density at radius 1 is 1.10 bits per heavy atom. The highest BCUT2D eigenvalue weighted by atomic mass is 79.9. The number of hydrogen-bond donors (Lipinski definition) is 2. The first-order valence-corrected chi connectivity index (χ1v) is 12.8. The number of aryl methyl sites for hydroxylation is 1. The van der Waals surface area contributed by atoms with Crippen LogP contribution in [0.3, 0.4) is 0 Å². The fourth-order valence-corrected chi connectivity index (χ4v) is 4.98. The van der Waals surface area contributed by atoms with Crippen molar-refractivity contribution >= 4 is 78.8 Å². The van der Waals surface area contributed by atoms with Gasteiger partial charge in [0.05, 0.1) is 15.1 Å². The number of amides is 5. The van der Waals surface area contributed by atoms with Crippen LogP contribution in [0.4, 0.5) is 21.9 Å². The number of anilines is 2. The van der Waals surface area contributed by atoms with Crippen molar-refractivity contribution in [2.45, 2.75) is 6.92 Å². The zero-order valence-electron chi connectivity index (χ0n) is 20.1. The summed E-state index contributed by atoms with van der Waals surface area (Å²) in [6.07, 6.45) is 1.21. The maximum atomic E-state index is 13.3. The third-order valence-corrected chi connectivity index (χ3v) is 6.47. The number of rotatable bonds is 7. The minimum atomic E-state index is -1.05. The average Bonchev–Trinajstić information content (AvgIpc) is 2.87. The SMILES string of the molecule is Cc1ccc(NC(=O)COc2c(Br)cc(Br)cc2/C=C2/C(=O)NC(=O)N(c3cccc([N+](=O)[O-])c3)C2=O)cc1. The van der Waals surface area contributed by atoms with E-state index < -0.39 is 34.2 Å². The van der Waals surface area contributed by atoms with Gasteiger partial charge in [-0.05, 0) is 59.3 Å². The minimum Gasteiger partial charge on any atom is -0.482 e. The van der Waals surface area contributed by atoms with E-state index in [0.29, 0.717) is 19.5 Å². The Balaban J connectivity index is 1.63. The number of carbonyl (C=O) groups excluding carboxylic acids is 4. The van der Waals surface area contributed by atoms with Crippen molar-refractivity contribution in [3.63, 3.8) is 0 Å². The summed E-state index contributed by atoms with van der Waals surface area (Å²) >= 11 is 6.71. The monoisotopic (exact) mass is 656 g/mol. The molecule has 1 aliphatic heterocycles. The predicted octanol–water partition coefficient (Wildman–Crippen LogP) is 5.11. The Labute approximate surface area is 238 Å². The molecule has 0 spiro atoms. The van der Waals surface area contributed by atoms with E-state index in [1.807, 2.05) is 19.1 Å². The zero-order chi connectivity index (χ0) is 28.3. The van der Waals surface area contributed by atoms with Crippen molar-refractivity contribution in [3.8, 4) is 5.75 Å². The highest BCUT2D eigenvalue weighted by Crippen LogP contribution is 2.35. The molecule has 11 nitrogen and oxygen atoms in total. The molecule has 0 aliphatic carbocycles. The largest absolute Gasteiger partial charge is 0.482 e. The summed E-state index contributed by atoms with van der Waals surface area (Å²) in [5.74, 6) is -2.25. The van der Waals surface area contributed by atoms with E-state index in [4.69, 9.17) is 4.74 Å². The van der Waals surface area contributed by atoms with Crippen molar-refractivity contribution in [1.29, 1.82) is 0 Å². The Kier molecular flexibility index (Phi) is 8.21. The summed E-state index contributed by atoms with van der Waals surface area (Å²) in [6.45, 7) is 1.54. The minimum absolute atomic E-state index is 0.0928. The van der Waals surface area contributed by atoms with Gasteiger partial charge in [-0.3, -0.25) is 29.8 Å². The third-order valence-electron chi connectivity index (χ3n) is 5.42. The number of nitro groups is 1. The predicted molar refractivity (Wildman–Crippen MR) is 149 cm³/mol. The van der Waals surface area contributed by atoms with Crippen LogP contribution >= 0.6 is 31.9 Å². The van der Waals surface area contributed by atoms with Crippen LogP contribution in [0.5, 0.6) is 5.75 Å². The number of halogens is 2. The fraction of sp³-hybridized carbons (Fsp3) is 0.0769. The summed E-state index contributed by atoms with van der Waals surface area (Å²) in [6, 6.07) is 14.2. The highest BCUT2D eigenvalue weighted by Gasteiger charge is 2.37. The molecule has 1 aliphatic rings. The van der Waals surface area contributed by atoms with Crippen LogP contribution in [0.1, 0.15) is 11.1 Å². The molecule has 13 heteroatoms. The number of nitrogens with one attached hydrogen (secondary N) is 2.